The highest BCUT2D eigenvalue weighted by Gasteiger charge is 2.14. The Hall–Kier alpha value is -2.73. The number of aromatic nitrogens is 2. The summed E-state index contributed by atoms with van der Waals surface area (Å²) in [5.74, 6) is 1.14. The summed E-state index contributed by atoms with van der Waals surface area (Å²) in [5, 5.41) is 8.25. The molecule has 0 atom stereocenters. The van der Waals surface area contributed by atoms with Crippen LogP contribution in [-0.2, 0) is 0 Å². The first kappa shape index (κ1) is 15.2. The molecule has 7 heteroatoms. The molecule has 3 aromatic rings. The van der Waals surface area contributed by atoms with Crippen molar-refractivity contribution in [2.24, 2.45) is 0 Å². The average Bonchev–Trinajstić information content (AvgIpc) is 2.97. The number of amides is 1. The second kappa shape index (κ2) is 6.18. The van der Waals surface area contributed by atoms with Gasteiger partial charge in [-0.25, -0.2) is 4.79 Å². The summed E-state index contributed by atoms with van der Waals surface area (Å²) in [6, 6.07) is 9.94. The van der Waals surface area contributed by atoms with E-state index in [0.717, 1.165) is 5.39 Å². The molecule has 6 nitrogen and oxygen atoms in total. The minimum Gasteiger partial charge on any atom is -0.497 e. The van der Waals surface area contributed by atoms with Gasteiger partial charge < -0.3 is 14.8 Å². The molecule has 0 fully saturated rings. The molecule has 118 valence electrons. The Kier molecular flexibility index (Phi) is 4.08. The van der Waals surface area contributed by atoms with Crippen LogP contribution in [0.2, 0.25) is 5.02 Å². The van der Waals surface area contributed by atoms with Crippen molar-refractivity contribution >= 4 is 34.2 Å². The highest BCUT2D eigenvalue weighted by Crippen LogP contribution is 2.29. The third-order valence-corrected chi connectivity index (χ3v) is 3.61. The molecule has 0 aliphatic rings. The number of rotatable bonds is 3. The van der Waals surface area contributed by atoms with Gasteiger partial charge >= 0.3 is 6.03 Å². The first-order valence-corrected chi connectivity index (χ1v) is 7.17. The summed E-state index contributed by atoms with van der Waals surface area (Å²) in [4.78, 5) is 12.5. The largest absolute Gasteiger partial charge is 0.497 e. The molecule has 23 heavy (non-hydrogen) atoms. The van der Waals surface area contributed by atoms with Gasteiger partial charge in [0.05, 0.1) is 31.6 Å². The lowest BCUT2D eigenvalue weighted by Crippen LogP contribution is -2.20. The number of carbonyl (C=O) groups is 1. The van der Waals surface area contributed by atoms with Crippen molar-refractivity contribution in [3.63, 3.8) is 0 Å². The lowest BCUT2D eigenvalue weighted by Gasteiger charge is -2.12. The topological polar surface area (TPSA) is 65.4 Å². The molecule has 0 aliphatic heterocycles. The van der Waals surface area contributed by atoms with Gasteiger partial charge in [-0.1, -0.05) is 11.6 Å². The number of methoxy groups -OCH3 is 2. The summed E-state index contributed by atoms with van der Waals surface area (Å²) in [5.41, 5.74) is 1.16. The van der Waals surface area contributed by atoms with E-state index in [1.54, 1.807) is 49.7 Å². The Morgan fingerprint density at radius 2 is 2.00 bits per heavy atom. The monoisotopic (exact) mass is 331 g/mol. The van der Waals surface area contributed by atoms with E-state index in [-0.39, 0.29) is 0 Å². The molecule has 0 unspecified atom stereocenters. The van der Waals surface area contributed by atoms with Gasteiger partial charge in [0.1, 0.15) is 11.5 Å². The molecular weight excluding hydrogens is 318 g/mol. The lowest BCUT2D eigenvalue weighted by molar-refractivity contribution is 0.251. The van der Waals surface area contributed by atoms with Gasteiger partial charge in [-0.2, -0.15) is 9.78 Å². The zero-order chi connectivity index (χ0) is 16.4. The average molecular weight is 332 g/mol. The van der Waals surface area contributed by atoms with E-state index in [9.17, 15) is 4.79 Å². The molecule has 0 bridgehead atoms. The van der Waals surface area contributed by atoms with Gasteiger partial charge in [-0.3, -0.25) is 0 Å². The molecule has 1 aromatic heterocycles. The number of hydrogen-bond donors (Lipinski definition) is 1. The number of nitrogens with one attached hydrogen (secondary N) is 1. The summed E-state index contributed by atoms with van der Waals surface area (Å²) < 4.78 is 11.7. The molecular formula is C16H14ClN3O3. The van der Waals surface area contributed by atoms with Crippen molar-refractivity contribution in [2.75, 3.05) is 19.5 Å². The molecule has 0 spiro atoms. The van der Waals surface area contributed by atoms with E-state index in [0.29, 0.717) is 27.7 Å². The second-order valence-corrected chi connectivity index (χ2v) is 5.19. The SMILES string of the molecule is COc1ccc(OC)c(NC(=O)n2ncc3cc(Cl)ccc32)c1. The van der Waals surface area contributed by atoms with Crippen LogP contribution in [0.5, 0.6) is 11.5 Å². The van der Waals surface area contributed by atoms with E-state index in [1.165, 1.54) is 11.8 Å². The van der Waals surface area contributed by atoms with E-state index < -0.39 is 6.03 Å². The van der Waals surface area contributed by atoms with E-state index in [2.05, 4.69) is 10.4 Å². The Balaban J connectivity index is 1.94. The molecule has 3 rings (SSSR count). The van der Waals surface area contributed by atoms with Crippen molar-refractivity contribution in [2.45, 2.75) is 0 Å². The number of benzene rings is 2. The maximum Gasteiger partial charge on any atom is 0.347 e. The van der Waals surface area contributed by atoms with Crippen LogP contribution in [0, 0.1) is 0 Å². The molecule has 2 aromatic carbocycles. The second-order valence-electron chi connectivity index (χ2n) is 4.76. The maximum absolute atomic E-state index is 12.5. The van der Waals surface area contributed by atoms with Crippen LogP contribution in [0.1, 0.15) is 0 Å². The van der Waals surface area contributed by atoms with Crippen LogP contribution in [-0.4, -0.2) is 30.0 Å². The fourth-order valence-electron chi connectivity index (χ4n) is 2.25. The van der Waals surface area contributed by atoms with Gasteiger partial charge in [0.25, 0.3) is 0 Å². The fraction of sp³-hybridized carbons (Fsp3) is 0.125. The quantitative estimate of drug-likeness (QED) is 0.793. The van der Waals surface area contributed by atoms with Gasteiger partial charge in [-0.05, 0) is 30.3 Å². The van der Waals surface area contributed by atoms with Crippen molar-refractivity contribution in [1.82, 2.24) is 9.78 Å². The molecule has 1 heterocycles. The van der Waals surface area contributed by atoms with Crippen LogP contribution in [0.3, 0.4) is 0 Å². The van der Waals surface area contributed by atoms with Crippen molar-refractivity contribution in [3.05, 3.63) is 47.6 Å². The van der Waals surface area contributed by atoms with Crippen LogP contribution in [0.25, 0.3) is 10.9 Å². The van der Waals surface area contributed by atoms with Crippen LogP contribution in [0.15, 0.2) is 42.6 Å². The first-order chi connectivity index (χ1) is 11.1. The third kappa shape index (κ3) is 2.93. The number of carbonyl (C=O) groups excluding carboxylic acids is 1. The van der Waals surface area contributed by atoms with Crippen molar-refractivity contribution < 1.29 is 14.3 Å². The summed E-state index contributed by atoms with van der Waals surface area (Å²) in [6.07, 6.45) is 1.59. The Labute approximate surface area is 137 Å². The van der Waals surface area contributed by atoms with Crippen LogP contribution in [0.4, 0.5) is 10.5 Å². The smallest absolute Gasteiger partial charge is 0.347 e. The maximum atomic E-state index is 12.5. The summed E-state index contributed by atoms with van der Waals surface area (Å²) >= 11 is 5.94. The predicted octanol–water partition coefficient (Wildman–Crippen LogP) is 3.79. The van der Waals surface area contributed by atoms with Gasteiger partial charge in [0, 0.05) is 16.5 Å². The molecule has 1 N–H and O–H groups in total. The molecule has 1 amide bonds. The predicted molar refractivity (Wildman–Crippen MR) is 88.7 cm³/mol. The lowest BCUT2D eigenvalue weighted by atomic mass is 10.2. The van der Waals surface area contributed by atoms with Crippen molar-refractivity contribution in [3.8, 4) is 11.5 Å². The Bertz CT molecular complexity index is 876. The van der Waals surface area contributed by atoms with Crippen molar-refractivity contribution in [1.29, 1.82) is 0 Å². The standard InChI is InChI=1S/C16H14ClN3O3/c1-22-12-4-6-15(23-2)13(8-12)19-16(21)20-14-5-3-11(17)7-10(14)9-18-20/h3-9H,1-2H3,(H,19,21). The molecule has 0 saturated carbocycles. The number of hydrogen-bond acceptors (Lipinski definition) is 4. The van der Waals surface area contributed by atoms with Crippen LogP contribution >= 0.6 is 11.6 Å². The minimum absolute atomic E-state index is 0.408. The number of halogens is 1. The Morgan fingerprint density at radius 1 is 1.17 bits per heavy atom. The zero-order valence-corrected chi connectivity index (χ0v) is 13.3. The fourth-order valence-corrected chi connectivity index (χ4v) is 2.43. The van der Waals surface area contributed by atoms with E-state index in [4.69, 9.17) is 21.1 Å². The van der Waals surface area contributed by atoms with E-state index in [1.807, 2.05) is 0 Å². The minimum atomic E-state index is -0.408. The normalized spacial score (nSPS) is 10.6. The van der Waals surface area contributed by atoms with Gasteiger partial charge in [0.2, 0.25) is 0 Å². The molecule has 0 radical (unpaired) electrons. The van der Waals surface area contributed by atoms with Gasteiger partial charge in [-0.15, -0.1) is 0 Å². The zero-order valence-electron chi connectivity index (χ0n) is 12.5. The summed E-state index contributed by atoms with van der Waals surface area (Å²) in [7, 11) is 3.08. The molecule has 0 saturated heterocycles. The highest BCUT2D eigenvalue weighted by atomic mass is 35.5. The van der Waals surface area contributed by atoms with Gasteiger partial charge in [0.15, 0.2) is 0 Å². The highest BCUT2D eigenvalue weighted by molar-refractivity contribution is 6.31. The van der Waals surface area contributed by atoms with Crippen LogP contribution < -0.4 is 14.8 Å². The number of anilines is 1. The van der Waals surface area contributed by atoms with E-state index >= 15 is 0 Å². The number of ether oxygens (including phenoxy) is 2. The number of fused-ring (bicyclic) bond motifs is 1. The first-order valence-electron chi connectivity index (χ1n) is 6.79. The Morgan fingerprint density at radius 3 is 2.74 bits per heavy atom. The molecule has 0 aliphatic carbocycles. The third-order valence-electron chi connectivity index (χ3n) is 3.37. The summed E-state index contributed by atoms with van der Waals surface area (Å²) in [6.45, 7) is 0. The number of nitrogens with zero attached hydrogens (tertiary/aromatic N) is 2.